The van der Waals surface area contributed by atoms with Crippen LogP contribution in [0, 0.1) is 0 Å². The molecule has 68 heavy (non-hydrogen) atoms. The molecule has 3 aromatic carbocycles. The van der Waals surface area contributed by atoms with Crippen LogP contribution in [0.2, 0.25) is 0 Å². The van der Waals surface area contributed by atoms with Gasteiger partial charge in [0.1, 0.15) is 31.3 Å². The van der Waals surface area contributed by atoms with Gasteiger partial charge in [-0.05, 0) is 79.7 Å². The van der Waals surface area contributed by atoms with Crippen LogP contribution >= 0.6 is 11.8 Å². The molecular weight excluding hydrogens is 889 g/mol. The zero-order chi connectivity index (χ0) is 46.7. The van der Waals surface area contributed by atoms with Crippen molar-refractivity contribution < 1.29 is 23.8 Å². The largest absolute Gasteiger partial charge is 0.491 e. The lowest BCUT2D eigenvalue weighted by molar-refractivity contribution is -0.192. The number of piperazine rings is 1. The highest BCUT2D eigenvalue weighted by molar-refractivity contribution is 8.00. The second kappa shape index (κ2) is 22.0. The fourth-order valence-corrected chi connectivity index (χ4v) is 10.8. The maximum absolute atomic E-state index is 13.2. The molecule has 4 saturated heterocycles. The summed E-state index contributed by atoms with van der Waals surface area (Å²) in [7, 11) is 0. The molecule has 0 saturated carbocycles. The van der Waals surface area contributed by atoms with Gasteiger partial charge in [-0.3, -0.25) is 4.79 Å². The van der Waals surface area contributed by atoms with Crippen LogP contribution in [0.15, 0.2) is 101 Å². The topological polar surface area (TPSA) is 224 Å². The van der Waals surface area contributed by atoms with Crippen LogP contribution in [0.3, 0.4) is 0 Å². The number of aryl methyl sites for hydroxylation is 1. The minimum absolute atomic E-state index is 0.0605. The highest BCUT2D eigenvalue weighted by Crippen LogP contribution is 2.37. The number of rotatable bonds is 22. The van der Waals surface area contributed by atoms with Crippen LogP contribution in [0.4, 0.5) is 21.9 Å². The first kappa shape index (κ1) is 46.6. The molecule has 5 atom stereocenters. The summed E-state index contributed by atoms with van der Waals surface area (Å²) in [4.78, 5) is 46.2. The molecule has 4 fully saturated rings. The highest BCUT2D eigenvalue weighted by atomic mass is 32.2. The Hall–Kier alpha value is -6.54. The molecule has 0 spiro atoms. The Labute approximate surface area is 398 Å². The molecule has 6 heterocycles. The van der Waals surface area contributed by atoms with Gasteiger partial charge in [-0.15, -0.1) is 0 Å². The Bertz CT molecular complexity index is 2540. The molecule has 4 aliphatic heterocycles. The van der Waals surface area contributed by atoms with Crippen molar-refractivity contribution in [3.05, 3.63) is 118 Å². The van der Waals surface area contributed by atoms with Crippen molar-refractivity contribution in [1.82, 2.24) is 45.3 Å². The predicted molar refractivity (Wildman–Crippen MR) is 257 cm³/mol. The number of fused-ring (bicyclic) bond motifs is 1. The van der Waals surface area contributed by atoms with Crippen LogP contribution in [0.25, 0.3) is 16.1 Å². The fraction of sp³-hybridized carbons (Fsp3) is 0.489. The van der Waals surface area contributed by atoms with Crippen LogP contribution < -0.4 is 36.2 Å². The number of nitrogens with zero attached hydrogens (tertiary/aromatic N) is 11. The van der Waals surface area contributed by atoms with Crippen molar-refractivity contribution in [2.45, 2.75) is 93.7 Å². The van der Waals surface area contributed by atoms with Gasteiger partial charge in [-0.25, -0.2) is 18.8 Å². The number of carbonyl (C=O) groups is 2. The zero-order valence-corrected chi connectivity index (χ0v) is 38.8. The number of anilines is 2. The van der Waals surface area contributed by atoms with Gasteiger partial charge >= 0.3 is 11.7 Å². The molecule has 0 radical (unpaired) electrons. The number of benzene rings is 3. The van der Waals surface area contributed by atoms with Crippen LogP contribution in [-0.2, 0) is 33.1 Å². The number of carbonyl (C=O) groups excluding carboxylic acids is 2. The SMILES string of the molecule is [N-]=[N+]=Nc1ccc([C@]2(Cn3nccn3)OC[C@@H](COc3ccc(N4CCN(c5ccc(-n6cnn(CCCCCCNC(=O)CCCC[C@@H]7SC[C@@H]8NC(=O)N[C@@H]87)c6=O)cc5)CC4)cc3)O2)cc1. The summed E-state index contributed by atoms with van der Waals surface area (Å²) in [5, 5.41) is 26.0. The third-order valence-electron chi connectivity index (χ3n) is 13.0. The van der Waals surface area contributed by atoms with E-state index >= 15 is 0 Å². The second-order valence-electron chi connectivity index (χ2n) is 17.5. The van der Waals surface area contributed by atoms with E-state index in [1.807, 2.05) is 48.2 Å². The first-order chi connectivity index (χ1) is 33.3. The lowest BCUT2D eigenvalue weighted by Gasteiger charge is -2.37. The number of unbranched alkanes of at least 4 members (excludes halogenated alkanes) is 4. The summed E-state index contributed by atoms with van der Waals surface area (Å²) < 4.78 is 22.1. The number of ether oxygens (including phenoxy) is 3. The molecule has 20 nitrogen and oxygen atoms in total. The van der Waals surface area contributed by atoms with Gasteiger partial charge in [0.05, 0.1) is 36.8 Å². The van der Waals surface area contributed by atoms with Crippen molar-refractivity contribution in [2.24, 2.45) is 5.11 Å². The summed E-state index contributed by atoms with van der Waals surface area (Å²) >= 11 is 1.91. The predicted octanol–water partition coefficient (Wildman–Crippen LogP) is 5.64. The quantitative estimate of drug-likeness (QED) is 0.0252. The van der Waals surface area contributed by atoms with E-state index in [0.29, 0.717) is 37.1 Å². The number of aromatic nitrogens is 6. The van der Waals surface area contributed by atoms with Crippen molar-refractivity contribution in [1.29, 1.82) is 0 Å². The molecule has 358 valence electrons. The lowest BCUT2D eigenvalue weighted by Crippen LogP contribution is -2.46. The Morgan fingerprint density at radius 2 is 1.57 bits per heavy atom. The monoisotopic (exact) mass is 946 g/mol. The van der Waals surface area contributed by atoms with Crippen molar-refractivity contribution in [3.63, 3.8) is 0 Å². The van der Waals surface area contributed by atoms with Crippen LogP contribution in [-0.4, -0.2) is 116 Å². The molecule has 0 bridgehead atoms. The number of thioether (sulfide) groups is 1. The van der Waals surface area contributed by atoms with E-state index in [4.69, 9.17) is 19.7 Å². The minimum Gasteiger partial charge on any atom is -0.491 e. The first-order valence-corrected chi connectivity index (χ1v) is 24.6. The average molecular weight is 947 g/mol. The van der Waals surface area contributed by atoms with Crippen molar-refractivity contribution in [3.8, 4) is 11.4 Å². The summed E-state index contributed by atoms with van der Waals surface area (Å²) in [5.74, 6) is 0.652. The highest BCUT2D eigenvalue weighted by Gasteiger charge is 2.45. The molecule has 5 aromatic rings. The number of amides is 3. The third-order valence-corrected chi connectivity index (χ3v) is 14.5. The van der Waals surface area contributed by atoms with E-state index in [0.717, 1.165) is 105 Å². The summed E-state index contributed by atoms with van der Waals surface area (Å²) in [6, 6.07) is 23.7. The lowest BCUT2D eigenvalue weighted by atomic mass is 10.0. The van der Waals surface area contributed by atoms with Crippen molar-refractivity contribution >= 4 is 40.8 Å². The molecule has 3 amide bonds. The zero-order valence-electron chi connectivity index (χ0n) is 38.0. The van der Waals surface area contributed by atoms with E-state index in [1.165, 1.54) is 9.48 Å². The molecule has 2 aromatic heterocycles. The fourth-order valence-electron chi connectivity index (χ4n) is 9.30. The third kappa shape index (κ3) is 11.4. The summed E-state index contributed by atoms with van der Waals surface area (Å²) in [5.41, 5.74) is 12.9. The number of hydrogen-bond donors (Lipinski definition) is 3. The number of hydrogen-bond acceptors (Lipinski definition) is 13. The van der Waals surface area contributed by atoms with Crippen molar-refractivity contribution in [2.75, 3.05) is 61.5 Å². The maximum Gasteiger partial charge on any atom is 0.350 e. The smallest absolute Gasteiger partial charge is 0.350 e. The molecule has 4 aliphatic rings. The Morgan fingerprint density at radius 1 is 0.868 bits per heavy atom. The normalized spacial score (nSPS) is 22.1. The average Bonchev–Trinajstić information content (AvgIpc) is 4.23. The van der Waals surface area contributed by atoms with Gasteiger partial charge in [-0.2, -0.15) is 31.9 Å². The first-order valence-electron chi connectivity index (χ1n) is 23.6. The van der Waals surface area contributed by atoms with Gasteiger partial charge in [0.15, 0.2) is 0 Å². The standard InChI is InChI=1S/C47H58N14O6S/c48-56-55-35-11-9-34(10-12-35)47(32-61-50-22-23-51-61)66-30-40(67-47)29-65-39-19-17-37(18-20-39)58-27-25-57(26-28-58)36-13-15-38(16-14-36)59-33-52-60(46(59)64)24-6-2-1-5-21-49-43(62)8-4-3-7-42-44-41(31-68-42)53-45(63)54-44/h9-20,22-23,33,40-42,44H,1-8,21,24-32H2,(H,49,62)(H2,53,54,63)/t40-,41+,42+,44+,47-/m1/s1. The second-order valence-corrected chi connectivity index (χ2v) is 18.8. The Morgan fingerprint density at radius 3 is 2.31 bits per heavy atom. The van der Waals surface area contributed by atoms with Crippen LogP contribution in [0.5, 0.6) is 5.75 Å². The Kier molecular flexibility index (Phi) is 15.1. The maximum atomic E-state index is 13.2. The molecular formula is C47H58N14O6S. The minimum atomic E-state index is -1.13. The van der Waals surface area contributed by atoms with E-state index in [1.54, 1.807) is 35.4 Å². The number of urea groups is 1. The summed E-state index contributed by atoms with van der Waals surface area (Å²) in [6.07, 6.45) is 11.5. The van der Waals surface area contributed by atoms with E-state index in [9.17, 15) is 14.4 Å². The molecule has 9 rings (SSSR count). The van der Waals surface area contributed by atoms with Gasteiger partial charge in [0.2, 0.25) is 11.7 Å². The number of azide groups is 1. The van der Waals surface area contributed by atoms with E-state index in [-0.39, 0.29) is 49.0 Å². The van der Waals surface area contributed by atoms with Gasteiger partial charge in [-0.1, -0.05) is 48.6 Å². The molecule has 0 unspecified atom stereocenters. The van der Waals surface area contributed by atoms with E-state index in [2.05, 4.69) is 75.3 Å². The summed E-state index contributed by atoms with van der Waals surface area (Å²) in [6.45, 7) is 5.47. The molecule has 21 heteroatoms. The van der Waals surface area contributed by atoms with Crippen LogP contribution in [0.1, 0.15) is 56.9 Å². The Balaban J connectivity index is 0.656. The van der Waals surface area contributed by atoms with Gasteiger partial charge < -0.3 is 40.0 Å². The van der Waals surface area contributed by atoms with Gasteiger partial charge in [0, 0.05) is 84.2 Å². The number of nitrogens with one attached hydrogen (secondary N) is 3. The molecule has 3 N–H and O–H groups in total. The van der Waals surface area contributed by atoms with E-state index < -0.39 is 5.79 Å². The molecule has 0 aliphatic carbocycles. The van der Waals surface area contributed by atoms with Gasteiger partial charge in [0.25, 0.3) is 0 Å².